The summed E-state index contributed by atoms with van der Waals surface area (Å²) in [7, 11) is 1.60. The number of methoxy groups -OCH3 is 1. The monoisotopic (exact) mass is 776 g/mol. The van der Waals surface area contributed by atoms with Crippen LogP contribution in [-0.4, -0.2) is 28.9 Å². The lowest BCUT2D eigenvalue weighted by Crippen LogP contribution is -2.04. The number of hydrogen-bond donors (Lipinski definition) is 2. The van der Waals surface area contributed by atoms with Crippen LogP contribution < -0.4 is 4.74 Å². The van der Waals surface area contributed by atoms with Gasteiger partial charge >= 0.3 is 0 Å². The maximum atomic E-state index is 13.0. The summed E-state index contributed by atoms with van der Waals surface area (Å²) in [5.74, 6) is 0.0728. The van der Waals surface area contributed by atoms with Gasteiger partial charge in [0, 0.05) is 23.6 Å². The molecule has 0 saturated heterocycles. The van der Waals surface area contributed by atoms with Crippen molar-refractivity contribution >= 4 is 55.9 Å². The molecule has 0 atom stereocenters. The van der Waals surface area contributed by atoms with Gasteiger partial charge in [0.2, 0.25) is 0 Å². The fourth-order valence-corrected chi connectivity index (χ4v) is 6.48. The number of carbonyl (C=O) groups is 2. The van der Waals surface area contributed by atoms with E-state index in [2.05, 4.69) is 20.5 Å². The predicted molar refractivity (Wildman–Crippen MR) is 233 cm³/mol. The summed E-state index contributed by atoms with van der Waals surface area (Å²) in [4.78, 5) is 26.0. The lowest BCUT2D eigenvalue weighted by molar-refractivity contribution is 0.0982. The summed E-state index contributed by atoms with van der Waals surface area (Å²) < 4.78 is 5.16. The normalized spacial score (nSPS) is 11.2. The van der Waals surface area contributed by atoms with Crippen molar-refractivity contribution in [2.75, 3.05) is 7.11 Å². The van der Waals surface area contributed by atoms with Gasteiger partial charge < -0.3 is 14.9 Å². The average molecular weight is 777 g/mol. The van der Waals surface area contributed by atoms with Gasteiger partial charge in [-0.1, -0.05) is 127 Å². The molecule has 0 radical (unpaired) electrons. The molecule has 0 aromatic heterocycles. The number of azo groups is 2. The number of rotatable bonds is 11. The summed E-state index contributed by atoms with van der Waals surface area (Å²) in [6, 6.07) is 52.1. The van der Waals surface area contributed by atoms with E-state index < -0.39 is 0 Å². The fourth-order valence-electron chi connectivity index (χ4n) is 6.48. The average Bonchev–Trinajstić information content (AvgIpc) is 3.27. The Morgan fingerprint density at radius 1 is 0.492 bits per heavy atom. The van der Waals surface area contributed by atoms with Crippen molar-refractivity contribution in [2.24, 2.45) is 20.5 Å². The highest BCUT2D eigenvalue weighted by Crippen LogP contribution is 2.41. The molecule has 0 spiro atoms. The number of fused-ring (bicyclic) bond motifs is 2. The van der Waals surface area contributed by atoms with Crippen LogP contribution in [0.2, 0.25) is 0 Å². The van der Waals surface area contributed by atoms with Gasteiger partial charge in [-0.25, -0.2) is 0 Å². The lowest BCUT2D eigenvalue weighted by atomic mass is 9.97. The summed E-state index contributed by atoms with van der Waals surface area (Å²) in [5, 5.41) is 41.9. The highest BCUT2D eigenvalue weighted by molar-refractivity contribution is 6.09. The van der Waals surface area contributed by atoms with Crippen LogP contribution in [0.3, 0.4) is 0 Å². The number of aromatic hydroxyl groups is 2. The Kier molecular flexibility index (Phi) is 12.3. The molecule has 0 unspecified atom stereocenters. The van der Waals surface area contributed by atoms with E-state index in [0.29, 0.717) is 17.1 Å². The van der Waals surface area contributed by atoms with E-state index in [1.54, 1.807) is 19.2 Å². The summed E-state index contributed by atoms with van der Waals surface area (Å²) in [5.41, 5.74) is 5.29. The number of ether oxygens (including phenoxy) is 1. The number of Topliss-reactive ketones (excluding diaryl/α,β-unsaturated/α-hetero) is 2. The Morgan fingerprint density at radius 2 is 0.881 bits per heavy atom. The van der Waals surface area contributed by atoms with Crippen molar-refractivity contribution in [1.82, 2.24) is 0 Å². The predicted octanol–water partition coefficient (Wildman–Crippen LogP) is 13.1. The third-order valence-corrected chi connectivity index (χ3v) is 9.64. The van der Waals surface area contributed by atoms with Crippen LogP contribution in [0.15, 0.2) is 190 Å². The molecule has 0 fully saturated rings. The molecule has 8 aromatic rings. The van der Waals surface area contributed by atoms with E-state index in [4.69, 9.17) is 4.74 Å². The van der Waals surface area contributed by atoms with Crippen molar-refractivity contribution in [3.8, 4) is 17.2 Å². The maximum absolute atomic E-state index is 13.0. The highest BCUT2D eigenvalue weighted by atomic mass is 16.5. The van der Waals surface area contributed by atoms with Gasteiger partial charge in [-0.3, -0.25) is 9.59 Å². The Bertz CT molecular complexity index is 2800. The quantitative estimate of drug-likeness (QED) is 0.0996. The number of ketones is 2. The number of phenolic OH excluding ortho intramolecular Hbond substituents is 2. The topological polar surface area (TPSA) is 133 Å². The van der Waals surface area contributed by atoms with Crippen LogP contribution in [0.1, 0.15) is 37.4 Å². The maximum Gasteiger partial charge on any atom is 0.171 e. The minimum Gasteiger partial charge on any atom is -0.505 e. The zero-order chi connectivity index (χ0) is 41.1. The molecule has 2 N–H and O–H groups in total. The van der Waals surface area contributed by atoms with Crippen molar-refractivity contribution < 1.29 is 24.5 Å². The van der Waals surface area contributed by atoms with E-state index in [1.165, 1.54) is 0 Å². The molecule has 9 nitrogen and oxygen atoms in total. The van der Waals surface area contributed by atoms with E-state index in [1.807, 2.05) is 165 Å². The largest absolute Gasteiger partial charge is 0.505 e. The summed E-state index contributed by atoms with van der Waals surface area (Å²) >= 11 is 0. The van der Waals surface area contributed by atoms with Gasteiger partial charge in [-0.2, -0.15) is 10.2 Å². The van der Waals surface area contributed by atoms with Crippen molar-refractivity contribution in [3.05, 3.63) is 198 Å². The number of aryl methyl sites for hydroxylation is 1. The van der Waals surface area contributed by atoms with Crippen LogP contribution in [0.4, 0.5) is 22.7 Å². The Hall–Kier alpha value is -7.78. The number of phenols is 2. The molecule has 9 heteroatoms. The molecular formula is C50H40N4O5. The second kappa shape index (κ2) is 18.4. The molecule has 290 valence electrons. The first-order valence-electron chi connectivity index (χ1n) is 18.9. The molecule has 0 aliphatic carbocycles. The van der Waals surface area contributed by atoms with Gasteiger partial charge in [0.25, 0.3) is 0 Å². The number of nitrogens with zero attached hydrogens (tertiary/aromatic N) is 4. The van der Waals surface area contributed by atoms with Crippen LogP contribution in [0.25, 0.3) is 21.5 Å². The van der Waals surface area contributed by atoms with Crippen LogP contribution >= 0.6 is 0 Å². The van der Waals surface area contributed by atoms with Crippen LogP contribution in [-0.2, 0) is 12.8 Å². The molecule has 0 amide bonds. The minimum absolute atomic E-state index is 0.138. The fraction of sp³-hybridized carbons (Fsp3) is 0.0800. The van der Waals surface area contributed by atoms with E-state index in [0.717, 1.165) is 44.0 Å². The van der Waals surface area contributed by atoms with E-state index in [-0.39, 0.29) is 52.7 Å². The summed E-state index contributed by atoms with van der Waals surface area (Å²) in [6.45, 7) is 2.00. The molecule has 8 aromatic carbocycles. The Labute approximate surface area is 341 Å². The van der Waals surface area contributed by atoms with Gasteiger partial charge in [0.15, 0.2) is 23.1 Å². The van der Waals surface area contributed by atoms with Gasteiger partial charge in [0.1, 0.15) is 17.1 Å². The van der Waals surface area contributed by atoms with E-state index in [9.17, 15) is 19.8 Å². The van der Waals surface area contributed by atoms with Crippen molar-refractivity contribution in [1.29, 1.82) is 0 Å². The Morgan fingerprint density at radius 3 is 1.31 bits per heavy atom. The Balaban J connectivity index is 0.000000179. The van der Waals surface area contributed by atoms with Gasteiger partial charge in [0.05, 0.1) is 29.6 Å². The SMILES string of the molecule is COc1ccc(CC(=O)c2cc3ccccc3c(N=Nc3ccccc3)c2O)cc1.Cc1ccc(CC(=O)c2cc3ccccc3c(N=Nc3ccccc3)c2O)cc1. The molecule has 0 saturated carbocycles. The zero-order valence-electron chi connectivity index (χ0n) is 32.5. The first-order valence-corrected chi connectivity index (χ1v) is 18.9. The molecule has 0 heterocycles. The van der Waals surface area contributed by atoms with Crippen LogP contribution in [0.5, 0.6) is 17.2 Å². The number of benzene rings is 8. The third kappa shape index (κ3) is 9.61. The smallest absolute Gasteiger partial charge is 0.171 e. The van der Waals surface area contributed by atoms with Crippen molar-refractivity contribution in [2.45, 2.75) is 19.8 Å². The lowest BCUT2D eigenvalue weighted by Gasteiger charge is -2.10. The highest BCUT2D eigenvalue weighted by Gasteiger charge is 2.20. The van der Waals surface area contributed by atoms with Crippen LogP contribution in [0, 0.1) is 6.92 Å². The molecule has 59 heavy (non-hydrogen) atoms. The second-order valence-corrected chi connectivity index (χ2v) is 13.8. The minimum atomic E-state index is -0.195. The van der Waals surface area contributed by atoms with Gasteiger partial charge in [-0.15, -0.1) is 10.2 Å². The molecule has 8 rings (SSSR count). The number of carbonyl (C=O) groups excluding carboxylic acids is 2. The first kappa shape index (κ1) is 39.5. The molecular weight excluding hydrogens is 737 g/mol. The van der Waals surface area contributed by atoms with Gasteiger partial charge in [-0.05, 0) is 77.4 Å². The standard InChI is InChI=1S/C25H20N2O3.C25H20N2O2/c1-30-20-13-11-17(12-14-20)15-23(28)22-16-18-7-5-6-10-21(18)24(25(22)29)27-26-19-8-3-2-4-9-19;1-17-11-13-18(14-12-17)15-23(28)22-16-19-7-5-6-10-21(19)24(25(22)29)27-26-20-8-3-2-4-9-20/h2-14,16,29H,15H2,1H3;2-14,16,29H,15H2,1H3. The van der Waals surface area contributed by atoms with Crippen molar-refractivity contribution in [3.63, 3.8) is 0 Å². The zero-order valence-corrected chi connectivity index (χ0v) is 32.5. The molecule has 0 bridgehead atoms. The first-order chi connectivity index (χ1) is 28.8. The molecule has 0 aliphatic heterocycles. The summed E-state index contributed by atoms with van der Waals surface area (Å²) in [6.07, 6.45) is 0.368. The van der Waals surface area contributed by atoms with E-state index >= 15 is 0 Å². The second-order valence-electron chi connectivity index (χ2n) is 13.8. The third-order valence-electron chi connectivity index (χ3n) is 9.64. The molecule has 0 aliphatic rings. The number of hydrogen-bond acceptors (Lipinski definition) is 9.